The van der Waals surface area contributed by atoms with E-state index in [1.165, 1.54) is 30.3 Å². The van der Waals surface area contributed by atoms with Crippen molar-refractivity contribution in [3.05, 3.63) is 59.2 Å². The van der Waals surface area contributed by atoms with Gasteiger partial charge in [0.25, 0.3) is 17.7 Å². The zero-order chi connectivity index (χ0) is 15.1. The first-order valence-electron chi connectivity index (χ1n) is 5.95. The quantitative estimate of drug-likeness (QED) is 0.483. The van der Waals surface area contributed by atoms with Crippen molar-refractivity contribution >= 4 is 23.4 Å². The van der Waals surface area contributed by atoms with E-state index in [1.807, 2.05) is 0 Å². The summed E-state index contributed by atoms with van der Waals surface area (Å²) in [6.07, 6.45) is 0. The lowest BCUT2D eigenvalue weighted by atomic mass is 10.1. The smallest absolute Gasteiger partial charge is 0.286 e. The van der Waals surface area contributed by atoms with Crippen LogP contribution in [0.4, 0.5) is 10.1 Å². The maximum Gasteiger partial charge on any atom is 0.286 e. The molecule has 0 atom stereocenters. The predicted octanol–water partition coefficient (Wildman–Crippen LogP) is 1.24. The molecule has 21 heavy (non-hydrogen) atoms. The fourth-order valence-electron chi connectivity index (χ4n) is 2.14. The minimum atomic E-state index is -0.986. The van der Waals surface area contributed by atoms with Crippen molar-refractivity contribution in [2.45, 2.75) is 0 Å². The number of nitrogens with zero attached hydrogens (tertiary/aromatic N) is 2. The second kappa shape index (κ2) is 4.48. The van der Waals surface area contributed by atoms with Crippen LogP contribution in [-0.2, 0) is 0 Å². The van der Waals surface area contributed by atoms with E-state index in [-0.39, 0.29) is 22.5 Å². The van der Waals surface area contributed by atoms with Gasteiger partial charge in [-0.1, -0.05) is 12.1 Å². The summed E-state index contributed by atoms with van der Waals surface area (Å²) in [5.41, 5.74) is 5.46. The molecule has 0 unspecified atom stereocenters. The van der Waals surface area contributed by atoms with Gasteiger partial charge in [0, 0.05) is 5.69 Å². The number of nitrogen functional groups attached to an aromatic ring is 1. The Hall–Kier alpha value is -3.09. The Kier molecular flexibility index (Phi) is 2.76. The van der Waals surface area contributed by atoms with Crippen LogP contribution in [0.5, 0.6) is 0 Å². The molecule has 0 bridgehead atoms. The molecule has 0 saturated carbocycles. The van der Waals surface area contributed by atoms with E-state index in [9.17, 15) is 18.8 Å². The van der Waals surface area contributed by atoms with Crippen molar-refractivity contribution in [1.29, 1.82) is 0 Å². The third-order valence-electron chi connectivity index (χ3n) is 3.08. The van der Waals surface area contributed by atoms with Gasteiger partial charge in [-0.15, -0.1) is 0 Å². The van der Waals surface area contributed by atoms with Crippen molar-refractivity contribution in [2.75, 3.05) is 5.73 Å². The van der Waals surface area contributed by atoms with Crippen LogP contribution >= 0.6 is 0 Å². The Morgan fingerprint density at radius 1 is 1.10 bits per heavy atom. The molecular weight excluding hydrogens is 277 g/mol. The molecule has 2 aromatic rings. The molecule has 1 aliphatic rings. The lowest BCUT2D eigenvalue weighted by Gasteiger charge is -2.11. The van der Waals surface area contributed by atoms with Gasteiger partial charge in [0.05, 0.1) is 11.1 Å². The second-order valence-corrected chi connectivity index (χ2v) is 4.37. The normalized spacial score (nSPS) is 13.5. The SMILES string of the molecule is Nc1cccc2c1C(=O)N(C(=O)c1cccc(F)n1)C2=O. The lowest BCUT2D eigenvalue weighted by Crippen LogP contribution is -2.36. The highest BCUT2D eigenvalue weighted by atomic mass is 19.1. The van der Waals surface area contributed by atoms with Gasteiger partial charge in [-0.05, 0) is 24.3 Å². The van der Waals surface area contributed by atoms with E-state index in [1.54, 1.807) is 0 Å². The van der Waals surface area contributed by atoms with Crippen LogP contribution in [-0.4, -0.2) is 27.6 Å². The monoisotopic (exact) mass is 285 g/mol. The summed E-state index contributed by atoms with van der Waals surface area (Å²) < 4.78 is 13.1. The van der Waals surface area contributed by atoms with E-state index in [0.717, 1.165) is 6.07 Å². The van der Waals surface area contributed by atoms with E-state index in [0.29, 0.717) is 4.90 Å². The van der Waals surface area contributed by atoms with Gasteiger partial charge < -0.3 is 5.73 Å². The van der Waals surface area contributed by atoms with Crippen molar-refractivity contribution in [3.63, 3.8) is 0 Å². The number of anilines is 1. The largest absolute Gasteiger partial charge is 0.398 e. The number of halogens is 1. The molecule has 1 aromatic heterocycles. The van der Waals surface area contributed by atoms with E-state index in [4.69, 9.17) is 5.73 Å². The summed E-state index contributed by atoms with van der Waals surface area (Å²) in [6.45, 7) is 0. The van der Waals surface area contributed by atoms with Crippen LogP contribution in [0.2, 0.25) is 0 Å². The topological polar surface area (TPSA) is 93.4 Å². The van der Waals surface area contributed by atoms with Crippen molar-refractivity contribution in [3.8, 4) is 0 Å². The molecule has 1 aromatic carbocycles. The first-order chi connectivity index (χ1) is 10.0. The Balaban J connectivity index is 2.06. The first kappa shape index (κ1) is 12.9. The number of benzene rings is 1. The Morgan fingerprint density at radius 3 is 2.48 bits per heavy atom. The number of hydrogen-bond donors (Lipinski definition) is 1. The van der Waals surface area contributed by atoms with E-state index >= 15 is 0 Å². The van der Waals surface area contributed by atoms with Gasteiger partial charge >= 0.3 is 0 Å². The summed E-state index contributed by atoms with van der Waals surface area (Å²) in [7, 11) is 0. The fraction of sp³-hybridized carbons (Fsp3) is 0. The Labute approximate surface area is 118 Å². The van der Waals surface area contributed by atoms with Crippen molar-refractivity contribution in [1.82, 2.24) is 9.88 Å². The molecule has 0 aliphatic carbocycles. The van der Waals surface area contributed by atoms with Crippen LogP contribution in [0.15, 0.2) is 36.4 Å². The number of rotatable bonds is 1. The van der Waals surface area contributed by atoms with Gasteiger partial charge in [-0.3, -0.25) is 14.4 Å². The van der Waals surface area contributed by atoms with Gasteiger partial charge in [-0.25, -0.2) is 9.88 Å². The lowest BCUT2D eigenvalue weighted by molar-refractivity contribution is 0.0563. The van der Waals surface area contributed by atoms with Gasteiger partial charge in [0.1, 0.15) is 5.69 Å². The molecule has 2 N–H and O–H groups in total. The highest BCUT2D eigenvalue weighted by Gasteiger charge is 2.41. The second-order valence-electron chi connectivity index (χ2n) is 4.37. The number of pyridine rings is 1. The molecular formula is C14H8FN3O3. The number of carbonyl (C=O) groups is 3. The minimum absolute atomic E-state index is 0.0211. The molecule has 0 spiro atoms. The van der Waals surface area contributed by atoms with Crippen molar-refractivity contribution in [2.24, 2.45) is 0 Å². The summed E-state index contributed by atoms with van der Waals surface area (Å²) in [4.78, 5) is 40.4. The zero-order valence-electron chi connectivity index (χ0n) is 10.5. The standard InChI is InChI=1S/C14H8FN3O3/c15-10-6-2-5-9(17-10)13(20)18-12(19)7-3-1-4-8(16)11(7)14(18)21/h1-6H,16H2. The summed E-state index contributed by atoms with van der Waals surface area (Å²) in [6, 6.07) is 7.90. The van der Waals surface area contributed by atoms with Crippen LogP contribution in [0, 0.1) is 5.95 Å². The summed E-state index contributed by atoms with van der Waals surface area (Å²) >= 11 is 0. The molecule has 2 heterocycles. The molecule has 0 fully saturated rings. The number of hydrogen-bond acceptors (Lipinski definition) is 5. The number of carbonyl (C=O) groups excluding carboxylic acids is 3. The molecule has 104 valence electrons. The minimum Gasteiger partial charge on any atom is -0.398 e. The molecule has 1 aliphatic heterocycles. The molecule has 3 amide bonds. The van der Waals surface area contributed by atoms with Crippen LogP contribution < -0.4 is 5.73 Å². The van der Waals surface area contributed by atoms with Crippen LogP contribution in [0.1, 0.15) is 31.2 Å². The summed E-state index contributed by atoms with van der Waals surface area (Å²) in [5, 5.41) is 0. The molecule has 0 saturated heterocycles. The molecule has 3 rings (SSSR count). The average Bonchev–Trinajstić information content (AvgIpc) is 2.71. The molecule has 6 nitrogen and oxygen atoms in total. The molecule has 0 radical (unpaired) electrons. The van der Waals surface area contributed by atoms with Crippen molar-refractivity contribution < 1.29 is 18.8 Å². The molecule has 7 heteroatoms. The first-order valence-corrected chi connectivity index (χ1v) is 5.95. The van der Waals surface area contributed by atoms with E-state index < -0.39 is 23.7 Å². The number of amides is 3. The highest BCUT2D eigenvalue weighted by molar-refractivity contribution is 6.32. The third-order valence-corrected chi connectivity index (χ3v) is 3.08. The maximum atomic E-state index is 13.1. The number of imide groups is 3. The predicted molar refractivity (Wildman–Crippen MR) is 69.9 cm³/mol. The Bertz CT molecular complexity index is 804. The van der Waals surface area contributed by atoms with Crippen LogP contribution in [0.25, 0.3) is 0 Å². The Morgan fingerprint density at radius 2 is 1.81 bits per heavy atom. The number of fused-ring (bicyclic) bond motifs is 1. The highest BCUT2D eigenvalue weighted by Crippen LogP contribution is 2.28. The van der Waals surface area contributed by atoms with Gasteiger partial charge in [0.2, 0.25) is 5.95 Å². The number of nitrogens with two attached hydrogens (primary N) is 1. The van der Waals surface area contributed by atoms with Crippen LogP contribution in [0.3, 0.4) is 0 Å². The van der Waals surface area contributed by atoms with Gasteiger partial charge in [0.15, 0.2) is 0 Å². The van der Waals surface area contributed by atoms with Gasteiger partial charge in [-0.2, -0.15) is 4.39 Å². The average molecular weight is 285 g/mol. The fourth-order valence-corrected chi connectivity index (χ4v) is 2.14. The maximum absolute atomic E-state index is 13.1. The number of aromatic nitrogens is 1. The summed E-state index contributed by atoms with van der Waals surface area (Å²) in [5.74, 6) is -3.49. The zero-order valence-corrected chi connectivity index (χ0v) is 10.5. The van der Waals surface area contributed by atoms with E-state index in [2.05, 4.69) is 4.98 Å². The third kappa shape index (κ3) is 1.86.